The highest BCUT2D eigenvalue weighted by Gasteiger charge is 2.23. The van der Waals surface area contributed by atoms with E-state index >= 15 is 0 Å². The summed E-state index contributed by atoms with van der Waals surface area (Å²) in [7, 11) is 0. The molecule has 0 bridgehead atoms. The molecule has 0 radical (unpaired) electrons. The van der Waals surface area contributed by atoms with Crippen molar-refractivity contribution in [2.75, 3.05) is 0 Å². The van der Waals surface area contributed by atoms with E-state index in [0.717, 1.165) is 104 Å². The molecular formula is C56H38N4O2. The minimum absolute atomic E-state index is 0.524. The van der Waals surface area contributed by atoms with Crippen LogP contribution in [0, 0.1) is 0 Å². The van der Waals surface area contributed by atoms with Gasteiger partial charge in [-0.05, 0) is 75.6 Å². The summed E-state index contributed by atoms with van der Waals surface area (Å²) in [6, 6.07) is 63.4. The molecule has 0 aliphatic heterocycles. The van der Waals surface area contributed by atoms with Crippen LogP contribution in [-0.4, -0.2) is 19.5 Å². The van der Waals surface area contributed by atoms with Gasteiger partial charge in [0, 0.05) is 49.0 Å². The second-order valence-electron chi connectivity index (χ2n) is 15.9. The minimum atomic E-state index is 0.524. The van der Waals surface area contributed by atoms with E-state index in [0.29, 0.717) is 17.6 Å². The summed E-state index contributed by atoms with van der Waals surface area (Å²) in [5.74, 6) is 1.66. The fourth-order valence-corrected chi connectivity index (χ4v) is 9.09. The fraction of sp³-hybridized carbons (Fsp3) is 0.0536. The maximum absolute atomic E-state index is 6.42. The highest BCUT2D eigenvalue weighted by Crippen LogP contribution is 2.42. The lowest BCUT2D eigenvalue weighted by molar-refractivity contribution is 0.668. The number of hydrogen-bond donors (Lipinski definition) is 0. The molecule has 0 aliphatic rings. The Labute approximate surface area is 356 Å². The Bertz CT molecular complexity index is 3890. The molecule has 0 atom stereocenters. The molecule has 0 unspecified atom stereocenters. The highest BCUT2D eigenvalue weighted by atomic mass is 16.3. The van der Waals surface area contributed by atoms with Gasteiger partial charge >= 0.3 is 0 Å². The summed E-state index contributed by atoms with van der Waals surface area (Å²) in [4.78, 5) is 15.9. The van der Waals surface area contributed by atoms with Crippen molar-refractivity contribution in [2.24, 2.45) is 0 Å². The van der Waals surface area contributed by atoms with Crippen LogP contribution in [-0.2, 0) is 0 Å². The standard InChI is InChI=1S/C53H30N4O2.C3H8/c1-2-12-33-28-35(21-20-31(33)10-1)51-54-52(36-23-26-42-40-15-6-8-19-46(40)59-48(42)30-36)56-53(55-51)57-44-27-24-32-11-3-4-13-37(32)49(44)43-17-9-16-38(50(43)57)34-22-25-41-39-14-5-7-18-45(39)58-47(41)29-34;1-3-2/h1-30H;3H2,1-2H3. The van der Waals surface area contributed by atoms with E-state index in [1.807, 2.05) is 36.4 Å². The Kier molecular flexibility index (Phi) is 8.25. The fourth-order valence-electron chi connectivity index (χ4n) is 9.09. The SMILES string of the molecule is CCC.c1ccc2cc(-c3nc(-c4ccc5c(c4)oc4ccccc45)nc(-n4c5ccc6ccccc6c5c5cccc(-c6ccc7c(c6)oc6ccccc67)c54)n3)ccc2c1. The van der Waals surface area contributed by atoms with Gasteiger partial charge < -0.3 is 8.83 Å². The average molecular weight is 799 g/mol. The van der Waals surface area contributed by atoms with Crippen LogP contribution in [0.4, 0.5) is 0 Å². The molecule has 4 aromatic heterocycles. The number of hydrogen-bond acceptors (Lipinski definition) is 5. The van der Waals surface area contributed by atoms with Crippen LogP contribution in [0.25, 0.3) is 127 Å². The van der Waals surface area contributed by atoms with Gasteiger partial charge in [0.2, 0.25) is 5.95 Å². The predicted octanol–water partition coefficient (Wildman–Crippen LogP) is 15.5. The van der Waals surface area contributed by atoms with Gasteiger partial charge in [-0.2, -0.15) is 9.97 Å². The van der Waals surface area contributed by atoms with Gasteiger partial charge in [0.1, 0.15) is 22.3 Å². The van der Waals surface area contributed by atoms with Crippen molar-refractivity contribution in [3.63, 3.8) is 0 Å². The van der Waals surface area contributed by atoms with Crippen molar-refractivity contribution < 1.29 is 8.83 Å². The first-order chi connectivity index (χ1) is 30.6. The lowest BCUT2D eigenvalue weighted by atomic mass is 9.99. The van der Waals surface area contributed by atoms with Gasteiger partial charge in [-0.25, -0.2) is 4.98 Å². The third kappa shape index (κ3) is 5.68. The van der Waals surface area contributed by atoms with E-state index in [1.165, 1.54) is 11.8 Å². The van der Waals surface area contributed by atoms with Crippen molar-refractivity contribution in [2.45, 2.75) is 20.3 Å². The molecule has 4 heterocycles. The molecule has 0 amide bonds. The Morgan fingerprint density at radius 3 is 1.63 bits per heavy atom. The van der Waals surface area contributed by atoms with Crippen LogP contribution in [0.2, 0.25) is 0 Å². The van der Waals surface area contributed by atoms with Crippen LogP contribution in [0.5, 0.6) is 0 Å². The van der Waals surface area contributed by atoms with Gasteiger partial charge in [0.05, 0.1) is 11.0 Å². The monoisotopic (exact) mass is 798 g/mol. The number of benzene rings is 9. The first-order valence-corrected chi connectivity index (χ1v) is 21.2. The van der Waals surface area contributed by atoms with Gasteiger partial charge in [-0.15, -0.1) is 0 Å². The maximum atomic E-state index is 6.42. The van der Waals surface area contributed by atoms with Gasteiger partial charge in [0.25, 0.3) is 0 Å². The van der Waals surface area contributed by atoms with E-state index in [9.17, 15) is 0 Å². The highest BCUT2D eigenvalue weighted by molar-refractivity contribution is 6.23. The molecule has 0 fully saturated rings. The van der Waals surface area contributed by atoms with Crippen molar-refractivity contribution in [1.29, 1.82) is 0 Å². The zero-order chi connectivity index (χ0) is 41.3. The number of aromatic nitrogens is 4. The minimum Gasteiger partial charge on any atom is -0.456 e. The Morgan fingerprint density at radius 1 is 0.403 bits per heavy atom. The second-order valence-corrected chi connectivity index (χ2v) is 15.9. The number of fused-ring (bicyclic) bond motifs is 12. The summed E-state index contributed by atoms with van der Waals surface area (Å²) in [5, 5.41) is 11.2. The third-order valence-corrected chi connectivity index (χ3v) is 11.8. The van der Waals surface area contributed by atoms with Gasteiger partial charge in [-0.3, -0.25) is 4.57 Å². The molecule has 62 heavy (non-hydrogen) atoms. The van der Waals surface area contributed by atoms with Crippen LogP contribution < -0.4 is 0 Å². The second kappa shape index (κ2) is 14.3. The first-order valence-electron chi connectivity index (χ1n) is 21.2. The summed E-state index contributed by atoms with van der Waals surface area (Å²) in [6.45, 7) is 4.25. The molecule has 294 valence electrons. The van der Waals surface area contributed by atoms with E-state index in [4.69, 9.17) is 23.8 Å². The molecule has 13 aromatic rings. The lowest BCUT2D eigenvalue weighted by Gasteiger charge is -2.13. The number of furan rings is 2. The van der Waals surface area contributed by atoms with Crippen molar-refractivity contribution in [3.05, 3.63) is 182 Å². The van der Waals surface area contributed by atoms with E-state index in [1.54, 1.807) is 0 Å². The van der Waals surface area contributed by atoms with Crippen molar-refractivity contribution in [3.8, 4) is 39.9 Å². The molecule has 6 nitrogen and oxygen atoms in total. The molecule has 6 heteroatoms. The quantitative estimate of drug-likeness (QED) is 0.177. The Morgan fingerprint density at radius 2 is 0.919 bits per heavy atom. The van der Waals surface area contributed by atoms with E-state index in [2.05, 4.69) is 164 Å². The van der Waals surface area contributed by atoms with Crippen LogP contribution in [0.3, 0.4) is 0 Å². The largest absolute Gasteiger partial charge is 0.456 e. The van der Waals surface area contributed by atoms with Crippen LogP contribution in [0.15, 0.2) is 191 Å². The van der Waals surface area contributed by atoms with Crippen molar-refractivity contribution in [1.82, 2.24) is 19.5 Å². The molecule has 0 saturated carbocycles. The molecule has 0 spiro atoms. The summed E-state index contributed by atoms with van der Waals surface area (Å²) in [6.07, 6.45) is 1.25. The van der Waals surface area contributed by atoms with E-state index in [-0.39, 0.29) is 0 Å². The van der Waals surface area contributed by atoms with Crippen molar-refractivity contribution >= 4 is 87.2 Å². The zero-order valence-electron chi connectivity index (χ0n) is 34.1. The maximum Gasteiger partial charge on any atom is 0.238 e. The smallest absolute Gasteiger partial charge is 0.238 e. The van der Waals surface area contributed by atoms with Gasteiger partial charge in [-0.1, -0.05) is 154 Å². The Hall–Kier alpha value is -8.09. The first kappa shape index (κ1) is 35.8. The number of rotatable bonds is 4. The lowest BCUT2D eigenvalue weighted by Crippen LogP contribution is -2.07. The molecule has 0 saturated heterocycles. The molecule has 13 rings (SSSR count). The Balaban J connectivity index is 0.00000133. The summed E-state index contributed by atoms with van der Waals surface area (Å²) >= 11 is 0. The summed E-state index contributed by atoms with van der Waals surface area (Å²) < 4.78 is 15.0. The number of para-hydroxylation sites is 3. The number of nitrogens with zero attached hydrogens (tertiary/aromatic N) is 4. The normalized spacial score (nSPS) is 11.8. The van der Waals surface area contributed by atoms with Crippen LogP contribution in [0.1, 0.15) is 20.3 Å². The molecule has 0 aliphatic carbocycles. The molecular weight excluding hydrogens is 761 g/mol. The zero-order valence-corrected chi connectivity index (χ0v) is 34.1. The average Bonchev–Trinajstić information content (AvgIpc) is 4.00. The topological polar surface area (TPSA) is 69.9 Å². The summed E-state index contributed by atoms with van der Waals surface area (Å²) in [5.41, 5.74) is 9.17. The molecule has 9 aromatic carbocycles. The van der Waals surface area contributed by atoms with E-state index < -0.39 is 0 Å². The molecule has 0 N–H and O–H groups in total. The van der Waals surface area contributed by atoms with Crippen LogP contribution >= 0.6 is 0 Å². The predicted molar refractivity (Wildman–Crippen MR) is 256 cm³/mol. The van der Waals surface area contributed by atoms with Gasteiger partial charge in [0.15, 0.2) is 11.6 Å². The third-order valence-electron chi connectivity index (χ3n) is 11.8.